The van der Waals surface area contributed by atoms with Gasteiger partial charge in [-0.1, -0.05) is 0 Å². The van der Waals surface area contributed by atoms with Crippen molar-refractivity contribution in [3.8, 4) is 28.7 Å². The Bertz CT molecular complexity index is 1250. The molecular formula is C34H50N2O10. The Labute approximate surface area is 272 Å². The number of aliphatic hydroxyl groups is 1. The number of hydrogen-bond donors (Lipinski definition) is 2. The first-order chi connectivity index (χ1) is 22.3. The number of rotatable bonds is 19. The Morgan fingerprint density at radius 2 is 1.30 bits per heavy atom. The van der Waals surface area contributed by atoms with Crippen molar-refractivity contribution in [1.82, 2.24) is 9.80 Å². The van der Waals surface area contributed by atoms with Crippen LogP contribution >= 0.6 is 0 Å². The normalized spacial score (nSPS) is 14.7. The summed E-state index contributed by atoms with van der Waals surface area (Å²) < 4.78 is 33.3. The number of aromatic carboxylic acids is 1. The lowest BCUT2D eigenvalue weighted by Crippen LogP contribution is -2.33. The molecule has 1 unspecified atom stereocenters. The molecule has 2 N–H and O–H groups in total. The van der Waals surface area contributed by atoms with Gasteiger partial charge in [0.1, 0.15) is 6.10 Å². The number of esters is 1. The van der Waals surface area contributed by atoms with Crippen LogP contribution in [0.4, 0.5) is 0 Å². The highest BCUT2D eigenvalue weighted by atomic mass is 16.5. The zero-order valence-corrected chi connectivity index (χ0v) is 27.8. The van der Waals surface area contributed by atoms with Crippen molar-refractivity contribution in [2.45, 2.75) is 51.0 Å². The fraction of sp³-hybridized carbons (Fsp3) is 0.588. The van der Waals surface area contributed by atoms with Crippen LogP contribution < -0.4 is 23.7 Å². The Balaban J connectivity index is 1.72. The van der Waals surface area contributed by atoms with Gasteiger partial charge in [0.25, 0.3) is 0 Å². The van der Waals surface area contributed by atoms with Crippen molar-refractivity contribution in [3.63, 3.8) is 0 Å². The first-order valence-corrected chi connectivity index (χ1v) is 15.8. The second-order valence-electron chi connectivity index (χ2n) is 11.3. The second kappa shape index (κ2) is 19.0. The Hall–Kier alpha value is -3.74. The maximum Gasteiger partial charge on any atom is 0.338 e. The number of benzene rings is 2. The van der Waals surface area contributed by atoms with Crippen molar-refractivity contribution in [2.24, 2.45) is 0 Å². The maximum absolute atomic E-state index is 13.4. The fourth-order valence-electron chi connectivity index (χ4n) is 5.81. The fourth-order valence-corrected chi connectivity index (χ4v) is 5.81. The molecule has 1 aliphatic rings. The molecule has 256 valence electrons. The van der Waals surface area contributed by atoms with E-state index in [1.165, 1.54) is 41.6 Å². The summed E-state index contributed by atoms with van der Waals surface area (Å²) in [4.78, 5) is 29.9. The molecule has 1 saturated heterocycles. The smallest absolute Gasteiger partial charge is 0.338 e. The number of carboxylic acids is 1. The first kappa shape index (κ1) is 36.7. The molecule has 1 fully saturated rings. The van der Waals surface area contributed by atoms with Gasteiger partial charge in [-0.3, -0.25) is 0 Å². The third kappa shape index (κ3) is 10.4. The van der Waals surface area contributed by atoms with E-state index in [1.807, 2.05) is 0 Å². The molecule has 1 aliphatic heterocycles. The van der Waals surface area contributed by atoms with Gasteiger partial charge in [-0.2, -0.15) is 0 Å². The van der Waals surface area contributed by atoms with Gasteiger partial charge in [-0.25, -0.2) is 9.59 Å². The maximum atomic E-state index is 13.4. The lowest BCUT2D eigenvalue weighted by atomic mass is 10.0. The molecule has 0 radical (unpaired) electrons. The number of hydrogen-bond acceptors (Lipinski definition) is 11. The summed E-state index contributed by atoms with van der Waals surface area (Å²) in [5.41, 5.74) is 1.19. The summed E-state index contributed by atoms with van der Waals surface area (Å²) in [5, 5.41) is 18.8. The third-order valence-electron chi connectivity index (χ3n) is 8.28. The van der Waals surface area contributed by atoms with E-state index in [9.17, 15) is 19.8 Å². The number of nitrogens with zero attached hydrogens (tertiary/aromatic N) is 2. The van der Waals surface area contributed by atoms with Crippen LogP contribution in [0, 0.1) is 0 Å². The minimum atomic E-state index is -1.04. The predicted molar refractivity (Wildman–Crippen MR) is 173 cm³/mol. The molecule has 12 heteroatoms. The molecule has 46 heavy (non-hydrogen) atoms. The number of aryl methyl sites for hydroxylation is 1. The minimum absolute atomic E-state index is 0.136. The van der Waals surface area contributed by atoms with Crippen molar-refractivity contribution in [1.29, 1.82) is 0 Å². The Morgan fingerprint density at radius 1 is 0.717 bits per heavy atom. The van der Waals surface area contributed by atoms with Crippen LogP contribution in [-0.4, -0.2) is 119 Å². The van der Waals surface area contributed by atoms with E-state index in [0.29, 0.717) is 53.6 Å². The van der Waals surface area contributed by atoms with Crippen molar-refractivity contribution < 1.29 is 48.2 Å². The zero-order valence-electron chi connectivity index (χ0n) is 27.8. The Morgan fingerprint density at radius 3 is 1.87 bits per heavy atom. The highest BCUT2D eigenvalue weighted by Crippen LogP contribution is 2.38. The van der Waals surface area contributed by atoms with Gasteiger partial charge < -0.3 is 48.4 Å². The summed E-state index contributed by atoms with van der Waals surface area (Å²) in [6.07, 6.45) is 4.81. The van der Waals surface area contributed by atoms with Crippen molar-refractivity contribution in [2.75, 3.05) is 81.4 Å². The molecule has 1 atom stereocenters. The standard InChI is InChI=1S/C34H50N2O10/c1-41-28-21-25(33(38)39)20-24(31(28)44-4)10-6-7-11-27(12-16-36-14-8-13-35(17-18-36)15-9-19-37)46-34(40)26-22-29(42-2)32(45-5)30(23-26)43-3/h20-23,27,37H,6-19H2,1-5H3,(H,38,39). The van der Waals surface area contributed by atoms with Gasteiger partial charge in [-0.05, 0) is 87.9 Å². The van der Waals surface area contributed by atoms with Crippen LogP contribution in [-0.2, 0) is 11.2 Å². The molecule has 0 spiro atoms. The average molecular weight is 647 g/mol. The molecule has 0 aliphatic carbocycles. The number of carboxylic acid groups (broad SMARTS) is 1. The van der Waals surface area contributed by atoms with E-state index >= 15 is 0 Å². The molecule has 0 bridgehead atoms. The molecule has 3 rings (SSSR count). The number of unbranched alkanes of at least 4 members (excludes halogenated alkanes) is 1. The van der Waals surface area contributed by atoms with E-state index in [0.717, 1.165) is 70.5 Å². The van der Waals surface area contributed by atoms with E-state index in [1.54, 1.807) is 18.2 Å². The molecule has 0 aromatic heterocycles. The largest absolute Gasteiger partial charge is 0.493 e. The topological polar surface area (TPSA) is 136 Å². The van der Waals surface area contributed by atoms with Crippen LogP contribution in [0.1, 0.15) is 64.8 Å². The lowest BCUT2D eigenvalue weighted by Gasteiger charge is -2.25. The quantitative estimate of drug-likeness (QED) is 0.168. The van der Waals surface area contributed by atoms with E-state index in [4.69, 9.17) is 28.4 Å². The second-order valence-corrected chi connectivity index (χ2v) is 11.3. The van der Waals surface area contributed by atoms with Crippen LogP contribution in [0.15, 0.2) is 24.3 Å². The van der Waals surface area contributed by atoms with E-state index < -0.39 is 11.9 Å². The number of methoxy groups -OCH3 is 5. The predicted octanol–water partition coefficient (Wildman–Crippen LogP) is 4.15. The molecule has 0 saturated carbocycles. The van der Waals surface area contributed by atoms with Gasteiger partial charge in [0.15, 0.2) is 23.0 Å². The first-order valence-electron chi connectivity index (χ1n) is 15.8. The summed E-state index contributed by atoms with van der Waals surface area (Å²) in [6, 6.07) is 6.25. The number of carbonyl (C=O) groups is 2. The highest BCUT2D eigenvalue weighted by Gasteiger charge is 2.23. The van der Waals surface area contributed by atoms with Crippen molar-refractivity contribution >= 4 is 11.9 Å². The summed E-state index contributed by atoms with van der Waals surface area (Å²) in [6.45, 7) is 5.71. The van der Waals surface area contributed by atoms with Gasteiger partial charge in [-0.15, -0.1) is 0 Å². The average Bonchev–Trinajstić information content (AvgIpc) is 3.31. The molecular weight excluding hydrogens is 596 g/mol. The summed E-state index contributed by atoms with van der Waals surface area (Å²) in [5.74, 6) is 0.518. The molecule has 2 aromatic rings. The molecule has 2 aromatic carbocycles. The van der Waals surface area contributed by atoms with Crippen LogP contribution in [0.2, 0.25) is 0 Å². The van der Waals surface area contributed by atoms with E-state index in [-0.39, 0.29) is 18.3 Å². The van der Waals surface area contributed by atoms with Crippen LogP contribution in [0.5, 0.6) is 28.7 Å². The summed E-state index contributed by atoms with van der Waals surface area (Å²) >= 11 is 0. The van der Waals surface area contributed by atoms with E-state index in [2.05, 4.69) is 9.80 Å². The number of ether oxygens (including phenoxy) is 6. The number of aliphatic hydroxyl groups excluding tert-OH is 1. The third-order valence-corrected chi connectivity index (χ3v) is 8.28. The number of carbonyl (C=O) groups excluding carboxylic acids is 1. The Kier molecular flexibility index (Phi) is 15.2. The molecule has 0 amide bonds. The van der Waals surface area contributed by atoms with Gasteiger partial charge >= 0.3 is 11.9 Å². The summed E-state index contributed by atoms with van der Waals surface area (Å²) in [7, 11) is 7.52. The van der Waals surface area contributed by atoms with Gasteiger partial charge in [0, 0.05) is 32.8 Å². The van der Waals surface area contributed by atoms with Gasteiger partial charge in [0.05, 0.1) is 46.7 Å². The minimum Gasteiger partial charge on any atom is -0.493 e. The highest BCUT2D eigenvalue weighted by molar-refractivity contribution is 5.91. The zero-order chi connectivity index (χ0) is 33.5. The molecule has 12 nitrogen and oxygen atoms in total. The van der Waals surface area contributed by atoms with Gasteiger partial charge in [0.2, 0.25) is 5.75 Å². The van der Waals surface area contributed by atoms with Crippen molar-refractivity contribution in [3.05, 3.63) is 41.0 Å². The molecule has 1 heterocycles. The monoisotopic (exact) mass is 646 g/mol. The lowest BCUT2D eigenvalue weighted by molar-refractivity contribution is 0.0229. The SMILES string of the molecule is COc1cc(C(=O)O)cc(CCCCC(CCN2CCCN(CCCO)CC2)OC(=O)c2cc(OC)c(OC)c(OC)c2)c1OC. The van der Waals surface area contributed by atoms with Crippen LogP contribution in [0.3, 0.4) is 0 Å². The van der Waals surface area contributed by atoms with Crippen LogP contribution in [0.25, 0.3) is 0 Å².